The fourth-order valence-electron chi connectivity index (χ4n) is 4.53. The van der Waals surface area contributed by atoms with Crippen LogP contribution < -0.4 is 15.5 Å². The standard InChI is InChI=1S/C20H29F3N4O/c1-3-4-5-17(19(28)24-2)26-16-8-6-13-11-27(12-15(13)16)18-9-7-14(10-25-18)20(21,22)23/h7,9-10,13,15-17,26H,3-6,8,11-12H2,1-2H3,(H,24,28)/t13-,15+,16+,17+/m1/s1. The molecule has 1 aliphatic carbocycles. The number of carbonyl (C=O) groups excluding carboxylic acids is 1. The minimum Gasteiger partial charge on any atom is -0.358 e. The predicted octanol–water partition coefficient (Wildman–Crippen LogP) is 3.21. The van der Waals surface area contributed by atoms with Gasteiger partial charge >= 0.3 is 6.18 Å². The molecule has 2 fully saturated rings. The SMILES string of the molecule is CCCC[C@H](N[C@H]1CC[C@@H]2CN(c3ccc(C(F)(F)F)cn3)C[C@@H]21)C(=O)NC. The van der Waals surface area contributed by atoms with E-state index in [9.17, 15) is 18.0 Å². The summed E-state index contributed by atoms with van der Waals surface area (Å²) in [6.07, 6.45) is 1.49. The Kier molecular flexibility index (Phi) is 6.47. The van der Waals surface area contributed by atoms with Gasteiger partial charge in [0.05, 0.1) is 11.6 Å². The van der Waals surface area contributed by atoms with Gasteiger partial charge in [-0.1, -0.05) is 19.8 Å². The number of unbranched alkanes of at least 4 members (excludes halogenated alkanes) is 1. The van der Waals surface area contributed by atoms with Gasteiger partial charge < -0.3 is 15.5 Å². The molecule has 2 heterocycles. The Morgan fingerprint density at radius 2 is 2.11 bits per heavy atom. The number of halogens is 3. The Balaban J connectivity index is 1.63. The molecule has 0 radical (unpaired) electrons. The molecular formula is C20H29F3N4O. The van der Waals surface area contributed by atoms with Gasteiger partial charge in [-0.2, -0.15) is 13.2 Å². The van der Waals surface area contributed by atoms with Crippen LogP contribution in [0.15, 0.2) is 18.3 Å². The summed E-state index contributed by atoms with van der Waals surface area (Å²) in [6.45, 7) is 3.67. The van der Waals surface area contributed by atoms with Crippen LogP contribution in [0.1, 0.15) is 44.6 Å². The average molecular weight is 398 g/mol. The topological polar surface area (TPSA) is 57.3 Å². The number of nitrogens with zero attached hydrogens (tertiary/aromatic N) is 2. The van der Waals surface area contributed by atoms with Gasteiger partial charge in [-0.15, -0.1) is 0 Å². The summed E-state index contributed by atoms with van der Waals surface area (Å²) in [7, 11) is 1.66. The first kappa shape index (κ1) is 20.9. The minimum absolute atomic E-state index is 0.0242. The number of hydrogen-bond donors (Lipinski definition) is 2. The highest BCUT2D eigenvalue weighted by Gasteiger charge is 2.44. The van der Waals surface area contributed by atoms with Crippen LogP contribution in [0, 0.1) is 11.8 Å². The number of amides is 1. The van der Waals surface area contributed by atoms with E-state index in [4.69, 9.17) is 0 Å². The lowest BCUT2D eigenvalue weighted by Gasteiger charge is -2.27. The second kappa shape index (κ2) is 8.68. The van der Waals surface area contributed by atoms with E-state index < -0.39 is 11.7 Å². The Labute approximate surface area is 164 Å². The first-order chi connectivity index (χ1) is 13.3. The van der Waals surface area contributed by atoms with Crippen molar-refractivity contribution in [1.82, 2.24) is 15.6 Å². The molecule has 2 N–H and O–H groups in total. The molecule has 0 spiro atoms. The molecule has 1 aromatic rings. The first-order valence-corrected chi connectivity index (χ1v) is 10.1. The molecule has 156 valence electrons. The fraction of sp³-hybridized carbons (Fsp3) is 0.700. The normalized spacial score (nSPS) is 25.6. The number of anilines is 1. The highest BCUT2D eigenvalue weighted by Crippen LogP contribution is 2.40. The van der Waals surface area contributed by atoms with E-state index in [1.165, 1.54) is 6.07 Å². The van der Waals surface area contributed by atoms with E-state index in [2.05, 4.69) is 27.4 Å². The van der Waals surface area contributed by atoms with Gasteiger partial charge in [0.25, 0.3) is 0 Å². The molecule has 28 heavy (non-hydrogen) atoms. The summed E-state index contributed by atoms with van der Waals surface area (Å²) in [6, 6.07) is 2.62. The number of aromatic nitrogens is 1. The molecule has 1 aliphatic heterocycles. The highest BCUT2D eigenvalue weighted by atomic mass is 19.4. The maximum atomic E-state index is 12.7. The zero-order chi connectivity index (χ0) is 20.3. The van der Waals surface area contributed by atoms with E-state index in [1.54, 1.807) is 7.05 Å². The number of alkyl halides is 3. The van der Waals surface area contributed by atoms with E-state index in [-0.39, 0.29) is 18.0 Å². The molecule has 0 aromatic carbocycles. The molecular weight excluding hydrogens is 369 g/mol. The van der Waals surface area contributed by atoms with Crippen LogP contribution >= 0.6 is 0 Å². The zero-order valence-corrected chi connectivity index (χ0v) is 16.4. The maximum Gasteiger partial charge on any atom is 0.417 e. The van der Waals surface area contributed by atoms with Crippen molar-refractivity contribution < 1.29 is 18.0 Å². The summed E-state index contributed by atoms with van der Waals surface area (Å²) in [5.74, 6) is 1.49. The number of rotatable bonds is 7. The molecule has 0 unspecified atom stereocenters. The van der Waals surface area contributed by atoms with Gasteiger partial charge in [-0.25, -0.2) is 4.98 Å². The Bertz CT molecular complexity index is 664. The van der Waals surface area contributed by atoms with Crippen LogP contribution in [0.4, 0.5) is 19.0 Å². The van der Waals surface area contributed by atoms with E-state index in [1.807, 2.05) is 0 Å². The largest absolute Gasteiger partial charge is 0.417 e. The van der Waals surface area contributed by atoms with Crippen molar-refractivity contribution in [1.29, 1.82) is 0 Å². The molecule has 1 aromatic heterocycles. The van der Waals surface area contributed by atoms with E-state index >= 15 is 0 Å². The zero-order valence-electron chi connectivity index (χ0n) is 16.4. The van der Waals surface area contributed by atoms with Gasteiger partial charge in [0.15, 0.2) is 0 Å². The molecule has 5 nitrogen and oxygen atoms in total. The van der Waals surface area contributed by atoms with Crippen molar-refractivity contribution in [2.75, 3.05) is 25.0 Å². The summed E-state index contributed by atoms with van der Waals surface area (Å²) in [5.41, 5.74) is -0.723. The van der Waals surface area contributed by atoms with Crippen molar-refractivity contribution >= 4 is 11.7 Å². The third kappa shape index (κ3) is 4.59. The average Bonchev–Trinajstić information content (AvgIpc) is 3.25. The summed E-state index contributed by atoms with van der Waals surface area (Å²) >= 11 is 0. The fourth-order valence-corrected chi connectivity index (χ4v) is 4.53. The number of carbonyl (C=O) groups is 1. The summed E-state index contributed by atoms with van der Waals surface area (Å²) in [4.78, 5) is 18.3. The Morgan fingerprint density at radius 1 is 1.32 bits per heavy atom. The van der Waals surface area contributed by atoms with Crippen LogP contribution in [0.25, 0.3) is 0 Å². The van der Waals surface area contributed by atoms with Gasteiger partial charge in [0, 0.05) is 32.4 Å². The lowest BCUT2D eigenvalue weighted by molar-refractivity contribution is -0.137. The molecule has 1 saturated heterocycles. The lowest BCUT2D eigenvalue weighted by atomic mass is 9.96. The van der Waals surface area contributed by atoms with E-state index in [0.717, 1.165) is 57.5 Å². The molecule has 1 saturated carbocycles. The smallest absolute Gasteiger partial charge is 0.358 e. The quantitative estimate of drug-likeness (QED) is 0.741. The summed E-state index contributed by atoms with van der Waals surface area (Å²) < 4.78 is 38.2. The van der Waals surface area contributed by atoms with Crippen molar-refractivity contribution in [2.24, 2.45) is 11.8 Å². The van der Waals surface area contributed by atoms with Gasteiger partial charge in [0.2, 0.25) is 5.91 Å². The van der Waals surface area contributed by atoms with Crippen LogP contribution in [0.3, 0.4) is 0 Å². The van der Waals surface area contributed by atoms with Crippen molar-refractivity contribution in [3.8, 4) is 0 Å². The molecule has 2 aliphatic rings. The number of pyridine rings is 1. The number of nitrogens with one attached hydrogen (secondary N) is 2. The predicted molar refractivity (Wildman–Crippen MR) is 102 cm³/mol. The van der Waals surface area contributed by atoms with Crippen molar-refractivity contribution in [2.45, 2.75) is 57.3 Å². The van der Waals surface area contributed by atoms with Gasteiger partial charge in [-0.3, -0.25) is 4.79 Å². The minimum atomic E-state index is -4.37. The second-order valence-electron chi connectivity index (χ2n) is 7.89. The molecule has 3 rings (SSSR count). The molecule has 0 bridgehead atoms. The molecule has 1 amide bonds. The third-order valence-electron chi connectivity index (χ3n) is 6.08. The van der Waals surface area contributed by atoms with E-state index in [0.29, 0.717) is 17.7 Å². The van der Waals surface area contributed by atoms with Crippen LogP contribution in [0.5, 0.6) is 0 Å². The van der Waals surface area contributed by atoms with Crippen molar-refractivity contribution in [3.63, 3.8) is 0 Å². The number of hydrogen-bond acceptors (Lipinski definition) is 4. The van der Waals surface area contributed by atoms with Crippen molar-refractivity contribution in [3.05, 3.63) is 23.9 Å². The lowest BCUT2D eigenvalue weighted by Crippen LogP contribution is -2.49. The molecule has 8 heteroatoms. The highest BCUT2D eigenvalue weighted by molar-refractivity contribution is 5.81. The Hall–Kier alpha value is -1.83. The van der Waals surface area contributed by atoms with Crippen LogP contribution in [-0.4, -0.2) is 43.1 Å². The third-order valence-corrected chi connectivity index (χ3v) is 6.08. The van der Waals surface area contributed by atoms with Gasteiger partial charge in [-0.05, 0) is 43.2 Å². The summed E-state index contributed by atoms with van der Waals surface area (Å²) in [5, 5.41) is 6.31. The maximum absolute atomic E-state index is 12.7. The molecule has 4 atom stereocenters. The Morgan fingerprint density at radius 3 is 2.71 bits per heavy atom. The monoisotopic (exact) mass is 398 g/mol. The number of fused-ring (bicyclic) bond motifs is 1. The van der Waals surface area contributed by atoms with Crippen LogP contribution in [0.2, 0.25) is 0 Å². The van der Waals surface area contributed by atoms with Gasteiger partial charge in [0.1, 0.15) is 5.82 Å². The number of likely N-dealkylation sites (N-methyl/N-ethyl adjacent to an activating group) is 1. The second-order valence-corrected chi connectivity index (χ2v) is 7.89. The first-order valence-electron chi connectivity index (χ1n) is 10.1. The van der Waals surface area contributed by atoms with Crippen LogP contribution in [-0.2, 0) is 11.0 Å².